The van der Waals surface area contributed by atoms with Gasteiger partial charge in [-0.1, -0.05) is 5.16 Å². The van der Waals surface area contributed by atoms with E-state index in [-0.39, 0.29) is 5.16 Å². The summed E-state index contributed by atoms with van der Waals surface area (Å²) >= 11 is 0. The van der Waals surface area contributed by atoms with Crippen LogP contribution in [0.25, 0.3) is 11.3 Å². The Bertz CT molecular complexity index is 642. The molecule has 0 aliphatic rings. The lowest BCUT2D eigenvalue weighted by atomic mass is 10.1. The van der Waals surface area contributed by atoms with Crippen LogP contribution in [0.4, 0.5) is 0 Å². The highest BCUT2D eigenvalue weighted by Gasteiger charge is 2.16. The Morgan fingerprint density at radius 3 is 2.53 bits per heavy atom. The summed E-state index contributed by atoms with van der Waals surface area (Å²) in [5, 5.41) is 3.60. The quantitative estimate of drug-likeness (QED) is 0.746. The maximum Gasteiger partial charge on any atom is 0.247 e. The third-order valence-electron chi connectivity index (χ3n) is 2.25. The molecule has 0 radical (unpaired) electrons. The number of hydrogen-bond acceptors (Lipinski definition) is 6. The molecule has 0 saturated heterocycles. The third-order valence-corrected chi connectivity index (χ3v) is 3.11. The molecule has 0 atom stereocenters. The molecule has 2 rings (SSSR count). The second-order valence-corrected chi connectivity index (χ2v) is 5.61. The molecule has 2 heterocycles. The highest BCUT2D eigenvalue weighted by Crippen LogP contribution is 2.25. The summed E-state index contributed by atoms with van der Waals surface area (Å²) in [5.74, 6) is 0.598. The van der Waals surface area contributed by atoms with E-state index in [1.54, 1.807) is 19.9 Å². The highest BCUT2D eigenvalue weighted by atomic mass is 32.2. The molecule has 0 spiro atoms. The van der Waals surface area contributed by atoms with Crippen LogP contribution in [0.2, 0.25) is 0 Å². The highest BCUT2D eigenvalue weighted by molar-refractivity contribution is 7.90. The molecule has 90 valence electrons. The van der Waals surface area contributed by atoms with Gasteiger partial charge < -0.3 is 4.52 Å². The van der Waals surface area contributed by atoms with E-state index in [9.17, 15) is 8.42 Å². The van der Waals surface area contributed by atoms with Crippen molar-refractivity contribution in [2.75, 3.05) is 6.26 Å². The van der Waals surface area contributed by atoms with Gasteiger partial charge in [0.05, 0.1) is 17.0 Å². The minimum absolute atomic E-state index is 0.199. The molecule has 0 aliphatic carbocycles. The zero-order valence-corrected chi connectivity index (χ0v) is 10.4. The molecule has 6 nitrogen and oxygen atoms in total. The molecule has 7 heteroatoms. The predicted octanol–water partition coefficient (Wildman–Crippen LogP) is 1.15. The zero-order valence-electron chi connectivity index (χ0n) is 9.63. The van der Waals surface area contributed by atoms with Gasteiger partial charge in [-0.25, -0.2) is 18.4 Å². The number of aromatic nitrogens is 3. The van der Waals surface area contributed by atoms with E-state index in [1.165, 1.54) is 6.20 Å². The molecule has 0 aliphatic heterocycles. The van der Waals surface area contributed by atoms with E-state index >= 15 is 0 Å². The lowest BCUT2D eigenvalue weighted by Gasteiger charge is -2.01. The summed E-state index contributed by atoms with van der Waals surface area (Å²) in [6, 6.07) is 1.63. The van der Waals surface area contributed by atoms with Crippen LogP contribution in [0.15, 0.2) is 21.9 Å². The van der Waals surface area contributed by atoms with E-state index in [1.807, 2.05) is 0 Å². The average Bonchev–Trinajstić information content (AvgIpc) is 2.57. The minimum Gasteiger partial charge on any atom is -0.361 e. The summed E-state index contributed by atoms with van der Waals surface area (Å²) in [6.45, 7) is 3.52. The molecule has 0 amide bonds. The van der Waals surface area contributed by atoms with Crippen molar-refractivity contribution in [3.05, 3.63) is 23.7 Å². The van der Waals surface area contributed by atoms with Gasteiger partial charge in [0, 0.05) is 12.5 Å². The van der Waals surface area contributed by atoms with Crippen molar-refractivity contribution in [1.29, 1.82) is 0 Å². The van der Waals surface area contributed by atoms with Gasteiger partial charge in [0.25, 0.3) is 0 Å². The Balaban J connectivity index is 2.63. The van der Waals surface area contributed by atoms with Crippen LogP contribution in [0, 0.1) is 13.8 Å². The Hall–Kier alpha value is -1.76. The molecule has 0 aromatic carbocycles. The van der Waals surface area contributed by atoms with Crippen molar-refractivity contribution < 1.29 is 12.9 Å². The topological polar surface area (TPSA) is 86.0 Å². The first kappa shape index (κ1) is 11.7. The molecule has 17 heavy (non-hydrogen) atoms. The third kappa shape index (κ3) is 2.19. The molecule has 0 N–H and O–H groups in total. The molecule has 2 aromatic heterocycles. The molecule has 0 bridgehead atoms. The molecule has 2 aromatic rings. The van der Waals surface area contributed by atoms with Crippen LogP contribution in [0.1, 0.15) is 11.5 Å². The van der Waals surface area contributed by atoms with Crippen LogP contribution in [-0.2, 0) is 9.84 Å². The fourth-order valence-corrected chi connectivity index (χ4v) is 2.02. The van der Waals surface area contributed by atoms with E-state index < -0.39 is 9.84 Å². The van der Waals surface area contributed by atoms with Gasteiger partial charge in [-0.05, 0) is 19.9 Å². The Morgan fingerprint density at radius 2 is 2.00 bits per heavy atom. The van der Waals surface area contributed by atoms with Crippen molar-refractivity contribution in [1.82, 2.24) is 15.1 Å². The summed E-state index contributed by atoms with van der Waals surface area (Å²) in [7, 11) is -3.42. The molecule has 0 fully saturated rings. The van der Waals surface area contributed by atoms with Crippen molar-refractivity contribution in [3.63, 3.8) is 0 Å². The van der Waals surface area contributed by atoms with Crippen LogP contribution in [0.5, 0.6) is 0 Å². The lowest BCUT2D eigenvalue weighted by Crippen LogP contribution is -2.04. The summed E-state index contributed by atoms with van der Waals surface area (Å²) < 4.78 is 27.7. The van der Waals surface area contributed by atoms with Gasteiger partial charge in [0.15, 0.2) is 0 Å². The largest absolute Gasteiger partial charge is 0.361 e. The maximum atomic E-state index is 11.4. The van der Waals surface area contributed by atoms with Gasteiger partial charge in [-0.3, -0.25) is 0 Å². The normalized spacial score (nSPS) is 11.7. The number of hydrogen-bond donors (Lipinski definition) is 0. The molecular formula is C10H11N3O3S. The Labute approximate surface area is 98.6 Å². The molecular weight excluding hydrogens is 242 g/mol. The van der Waals surface area contributed by atoms with Crippen molar-refractivity contribution in [3.8, 4) is 11.3 Å². The summed E-state index contributed by atoms with van der Waals surface area (Å²) in [6.07, 6.45) is 2.48. The maximum absolute atomic E-state index is 11.4. The SMILES string of the molecule is Cc1noc(C)c1-c1ccnc(S(C)(=O)=O)n1. The molecule has 0 unspecified atom stereocenters. The van der Waals surface area contributed by atoms with Gasteiger partial charge in [-0.2, -0.15) is 0 Å². The van der Waals surface area contributed by atoms with Crippen molar-refractivity contribution >= 4 is 9.84 Å². The second-order valence-electron chi connectivity index (χ2n) is 3.70. The monoisotopic (exact) mass is 253 g/mol. The van der Waals surface area contributed by atoms with Crippen LogP contribution < -0.4 is 0 Å². The number of sulfone groups is 1. The van der Waals surface area contributed by atoms with Crippen molar-refractivity contribution in [2.45, 2.75) is 19.0 Å². The zero-order chi connectivity index (χ0) is 12.6. The first-order valence-corrected chi connectivity index (χ1v) is 6.75. The molecule has 0 saturated carbocycles. The van der Waals surface area contributed by atoms with E-state index in [0.717, 1.165) is 6.26 Å². The van der Waals surface area contributed by atoms with Gasteiger partial charge in [-0.15, -0.1) is 0 Å². The first-order chi connectivity index (χ1) is 7.89. The smallest absolute Gasteiger partial charge is 0.247 e. The summed E-state index contributed by atoms with van der Waals surface area (Å²) in [5.41, 5.74) is 1.87. The second kappa shape index (κ2) is 3.92. The van der Waals surface area contributed by atoms with Gasteiger partial charge in [0.1, 0.15) is 5.76 Å². The Kier molecular flexibility index (Phi) is 2.70. The van der Waals surface area contributed by atoms with E-state index in [2.05, 4.69) is 15.1 Å². The number of rotatable bonds is 2. The van der Waals surface area contributed by atoms with Crippen molar-refractivity contribution in [2.24, 2.45) is 0 Å². The van der Waals surface area contributed by atoms with E-state index in [4.69, 9.17) is 4.52 Å². The lowest BCUT2D eigenvalue weighted by molar-refractivity contribution is 0.393. The summed E-state index contributed by atoms with van der Waals surface area (Å²) in [4.78, 5) is 7.74. The fourth-order valence-electron chi connectivity index (χ4n) is 1.51. The minimum atomic E-state index is -3.42. The fraction of sp³-hybridized carbons (Fsp3) is 0.300. The number of aryl methyl sites for hydroxylation is 2. The number of nitrogens with zero attached hydrogens (tertiary/aromatic N) is 3. The van der Waals surface area contributed by atoms with E-state index in [0.29, 0.717) is 22.7 Å². The van der Waals surface area contributed by atoms with Gasteiger partial charge in [0.2, 0.25) is 15.0 Å². The predicted molar refractivity (Wildman–Crippen MR) is 60.1 cm³/mol. The first-order valence-electron chi connectivity index (χ1n) is 4.86. The standard InChI is InChI=1S/C10H11N3O3S/c1-6-9(7(2)16-13-6)8-4-5-11-10(12-8)17(3,14)15/h4-5H,1-3H3. The van der Waals surface area contributed by atoms with Crippen LogP contribution >= 0.6 is 0 Å². The van der Waals surface area contributed by atoms with Gasteiger partial charge >= 0.3 is 0 Å². The van der Waals surface area contributed by atoms with Crippen LogP contribution in [0.3, 0.4) is 0 Å². The van der Waals surface area contributed by atoms with Crippen LogP contribution in [-0.4, -0.2) is 29.8 Å². The Morgan fingerprint density at radius 1 is 1.29 bits per heavy atom. The average molecular weight is 253 g/mol.